The van der Waals surface area contributed by atoms with Crippen molar-refractivity contribution in [2.45, 2.75) is 38.2 Å². The average Bonchev–Trinajstić information content (AvgIpc) is 2.83. The van der Waals surface area contributed by atoms with Crippen molar-refractivity contribution in [1.29, 1.82) is 0 Å². The summed E-state index contributed by atoms with van der Waals surface area (Å²) in [4.78, 5) is 10.5. The predicted octanol–water partition coefficient (Wildman–Crippen LogP) is 2.15. The highest BCUT2D eigenvalue weighted by Gasteiger charge is 2.34. The zero-order valence-corrected chi connectivity index (χ0v) is 8.73. The minimum absolute atomic E-state index is 0.390. The Hall–Kier alpha value is -0.450. The van der Waals surface area contributed by atoms with Crippen LogP contribution in [0.2, 0.25) is 0 Å². The normalized spacial score (nSPS) is 17.8. The number of rotatable bonds is 3. The van der Waals surface area contributed by atoms with Crippen LogP contribution in [0.25, 0.3) is 0 Å². The summed E-state index contributed by atoms with van der Waals surface area (Å²) in [5.41, 5.74) is 2.68. The minimum atomic E-state index is -0.390. The van der Waals surface area contributed by atoms with E-state index >= 15 is 0 Å². The van der Waals surface area contributed by atoms with Crippen molar-refractivity contribution in [3.05, 3.63) is 16.1 Å². The van der Waals surface area contributed by atoms with Crippen LogP contribution in [0.15, 0.2) is 5.51 Å². The van der Waals surface area contributed by atoms with Crippen molar-refractivity contribution in [2.24, 2.45) is 5.90 Å². The monoisotopic (exact) mass is 198 g/mol. The van der Waals surface area contributed by atoms with Crippen LogP contribution in [0.4, 0.5) is 0 Å². The van der Waals surface area contributed by atoms with E-state index in [-0.39, 0.29) is 5.60 Å². The summed E-state index contributed by atoms with van der Waals surface area (Å²) in [5, 5.41) is 0. The summed E-state index contributed by atoms with van der Waals surface area (Å²) in [7, 11) is 0. The van der Waals surface area contributed by atoms with Crippen molar-refractivity contribution in [3.63, 3.8) is 0 Å². The molecule has 0 radical (unpaired) electrons. The van der Waals surface area contributed by atoms with Gasteiger partial charge in [0.1, 0.15) is 5.60 Å². The number of nitrogens with zero attached hydrogens (tertiary/aromatic N) is 1. The molecule has 1 aromatic heterocycles. The van der Waals surface area contributed by atoms with Gasteiger partial charge in [0, 0.05) is 5.92 Å². The molecule has 2 N–H and O–H groups in total. The third-order valence-electron chi connectivity index (χ3n) is 2.40. The Morgan fingerprint density at radius 1 is 1.62 bits per heavy atom. The zero-order valence-electron chi connectivity index (χ0n) is 7.91. The van der Waals surface area contributed by atoms with Crippen molar-refractivity contribution in [3.8, 4) is 0 Å². The molecule has 0 aromatic carbocycles. The Labute approximate surface area is 81.9 Å². The van der Waals surface area contributed by atoms with E-state index in [1.54, 1.807) is 11.3 Å². The van der Waals surface area contributed by atoms with Crippen molar-refractivity contribution in [2.75, 3.05) is 0 Å². The standard InChI is InChI=1S/C9H14N2OS/c1-9(2,12-10)8-7(6-3-4-6)11-5-13-8/h5-6H,3-4,10H2,1-2H3. The SMILES string of the molecule is CC(C)(ON)c1scnc1C1CC1. The van der Waals surface area contributed by atoms with Crippen LogP contribution < -0.4 is 5.90 Å². The number of hydrogen-bond acceptors (Lipinski definition) is 4. The fourth-order valence-electron chi connectivity index (χ4n) is 1.41. The maximum atomic E-state index is 5.27. The van der Waals surface area contributed by atoms with E-state index in [9.17, 15) is 0 Å². The van der Waals surface area contributed by atoms with Gasteiger partial charge < -0.3 is 0 Å². The lowest BCUT2D eigenvalue weighted by Crippen LogP contribution is -2.25. The summed E-state index contributed by atoms with van der Waals surface area (Å²) in [6.07, 6.45) is 2.52. The highest BCUT2D eigenvalue weighted by atomic mass is 32.1. The molecule has 1 aromatic rings. The average molecular weight is 198 g/mol. The molecule has 4 heteroatoms. The van der Waals surface area contributed by atoms with Gasteiger partial charge in [-0.1, -0.05) is 0 Å². The maximum Gasteiger partial charge on any atom is 0.120 e. The van der Waals surface area contributed by atoms with E-state index in [4.69, 9.17) is 10.7 Å². The Morgan fingerprint density at radius 3 is 2.85 bits per heavy atom. The van der Waals surface area contributed by atoms with E-state index in [1.807, 2.05) is 19.4 Å². The molecular weight excluding hydrogens is 184 g/mol. The van der Waals surface area contributed by atoms with Gasteiger partial charge in [-0.15, -0.1) is 11.3 Å². The Kier molecular flexibility index (Phi) is 2.14. The molecule has 0 atom stereocenters. The summed E-state index contributed by atoms with van der Waals surface area (Å²) < 4.78 is 0. The van der Waals surface area contributed by atoms with Gasteiger partial charge >= 0.3 is 0 Å². The first-order valence-electron chi connectivity index (χ1n) is 4.47. The molecule has 3 nitrogen and oxygen atoms in total. The molecule has 1 aliphatic rings. The predicted molar refractivity (Wildman–Crippen MR) is 52.4 cm³/mol. The van der Waals surface area contributed by atoms with Crippen LogP contribution in [-0.2, 0) is 10.4 Å². The third-order valence-corrected chi connectivity index (χ3v) is 3.55. The van der Waals surface area contributed by atoms with Gasteiger partial charge in [-0.25, -0.2) is 10.9 Å². The summed E-state index contributed by atoms with van der Waals surface area (Å²) >= 11 is 1.63. The Morgan fingerprint density at radius 2 is 2.31 bits per heavy atom. The Bertz CT molecular complexity index is 304. The third kappa shape index (κ3) is 1.61. The smallest absolute Gasteiger partial charge is 0.120 e. The second kappa shape index (κ2) is 3.04. The molecule has 0 bridgehead atoms. The van der Waals surface area contributed by atoms with Crippen LogP contribution >= 0.6 is 11.3 Å². The van der Waals surface area contributed by atoms with Crippen molar-refractivity contribution >= 4 is 11.3 Å². The number of hydrogen-bond donors (Lipinski definition) is 1. The van der Waals surface area contributed by atoms with E-state index in [0.717, 1.165) is 0 Å². The van der Waals surface area contributed by atoms with Crippen LogP contribution in [0, 0.1) is 0 Å². The van der Waals surface area contributed by atoms with Gasteiger partial charge in [-0.2, -0.15) is 0 Å². The van der Waals surface area contributed by atoms with Crippen LogP contribution in [0.1, 0.15) is 43.2 Å². The lowest BCUT2D eigenvalue weighted by atomic mass is 10.0. The van der Waals surface area contributed by atoms with Crippen LogP contribution in [-0.4, -0.2) is 4.98 Å². The van der Waals surface area contributed by atoms with Gasteiger partial charge in [0.25, 0.3) is 0 Å². The molecule has 1 heterocycles. The second-order valence-corrected chi connectivity index (χ2v) is 4.82. The molecule has 2 rings (SSSR count). The highest BCUT2D eigenvalue weighted by Crippen LogP contribution is 2.44. The minimum Gasteiger partial charge on any atom is -0.293 e. The molecule has 1 fully saturated rings. The van der Waals surface area contributed by atoms with E-state index in [0.29, 0.717) is 5.92 Å². The first kappa shape index (κ1) is 9.12. The summed E-state index contributed by atoms with van der Waals surface area (Å²) in [5.74, 6) is 5.93. The molecule has 0 unspecified atom stereocenters. The first-order valence-corrected chi connectivity index (χ1v) is 5.35. The molecular formula is C9H14N2OS. The highest BCUT2D eigenvalue weighted by molar-refractivity contribution is 7.09. The molecule has 72 valence electrons. The molecule has 0 saturated heterocycles. The topological polar surface area (TPSA) is 48.1 Å². The largest absolute Gasteiger partial charge is 0.293 e. The van der Waals surface area contributed by atoms with E-state index in [1.165, 1.54) is 23.4 Å². The first-order chi connectivity index (χ1) is 6.15. The van der Waals surface area contributed by atoms with E-state index in [2.05, 4.69) is 4.98 Å². The molecule has 0 aliphatic heterocycles. The molecule has 13 heavy (non-hydrogen) atoms. The van der Waals surface area contributed by atoms with Gasteiger partial charge in [-0.3, -0.25) is 4.84 Å². The molecule has 1 saturated carbocycles. The molecule has 0 amide bonds. The number of thiazole rings is 1. The Balaban J connectivity index is 2.33. The zero-order chi connectivity index (χ0) is 9.47. The van der Waals surface area contributed by atoms with Gasteiger partial charge in [0.15, 0.2) is 0 Å². The van der Waals surface area contributed by atoms with Crippen molar-refractivity contribution in [1.82, 2.24) is 4.98 Å². The van der Waals surface area contributed by atoms with Crippen LogP contribution in [0.5, 0.6) is 0 Å². The fourth-order valence-corrected chi connectivity index (χ4v) is 2.35. The van der Waals surface area contributed by atoms with Crippen LogP contribution in [0.3, 0.4) is 0 Å². The number of aromatic nitrogens is 1. The quantitative estimate of drug-likeness (QED) is 0.757. The number of nitrogens with two attached hydrogens (primary N) is 1. The molecule has 0 spiro atoms. The second-order valence-electron chi connectivity index (χ2n) is 3.97. The van der Waals surface area contributed by atoms with Crippen molar-refractivity contribution < 1.29 is 4.84 Å². The van der Waals surface area contributed by atoms with Gasteiger partial charge in [0.05, 0.1) is 16.1 Å². The van der Waals surface area contributed by atoms with Gasteiger partial charge in [-0.05, 0) is 26.7 Å². The summed E-state index contributed by atoms with van der Waals surface area (Å²) in [6, 6.07) is 0. The van der Waals surface area contributed by atoms with Gasteiger partial charge in [0.2, 0.25) is 0 Å². The maximum absolute atomic E-state index is 5.27. The van der Waals surface area contributed by atoms with E-state index < -0.39 is 0 Å². The summed E-state index contributed by atoms with van der Waals surface area (Å²) in [6.45, 7) is 3.96. The molecule has 1 aliphatic carbocycles. The lowest BCUT2D eigenvalue weighted by Gasteiger charge is -2.21. The fraction of sp³-hybridized carbons (Fsp3) is 0.667. The lowest BCUT2D eigenvalue weighted by molar-refractivity contribution is -0.0216.